The van der Waals surface area contributed by atoms with Crippen LogP contribution in [0.3, 0.4) is 0 Å². The molecular formula is C15H20N2O4. The fraction of sp³-hybridized carbons (Fsp3) is 0.533. The molecule has 3 unspecified atom stereocenters. The van der Waals surface area contributed by atoms with Gasteiger partial charge in [0, 0.05) is 18.7 Å². The van der Waals surface area contributed by atoms with Gasteiger partial charge in [-0.25, -0.2) is 0 Å². The number of piperidine rings is 1. The van der Waals surface area contributed by atoms with E-state index in [2.05, 4.69) is 13.8 Å². The minimum absolute atomic E-state index is 0.00245. The van der Waals surface area contributed by atoms with E-state index in [1.54, 1.807) is 4.90 Å². The highest BCUT2D eigenvalue weighted by atomic mass is 16.6. The molecule has 1 heterocycles. The first kappa shape index (κ1) is 15.3. The quantitative estimate of drug-likeness (QED) is 0.671. The molecule has 1 aliphatic rings. The maximum absolute atomic E-state index is 12.6. The van der Waals surface area contributed by atoms with E-state index in [-0.39, 0.29) is 17.5 Å². The fourth-order valence-electron chi connectivity index (χ4n) is 2.99. The van der Waals surface area contributed by atoms with Crippen LogP contribution in [-0.4, -0.2) is 33.4 Å². The van der Waals surface area contributed by atoms with Gasteiger partial charge in [0.25, 0.3) is 5.91 Å². The Morgan fingerprint density at radius 2 is 2.05 bits per heavy atom. The summed E-state index contributed by atoms with van der Waals surface area (Å²) in [5.41, 5.74) is -0.441. The van der Waals surface area contributed by atoms with E-state index in [4.69, 9.17) is 0 Å². The first-order valence-electron chi connectivity index (χ1n) is 7.10. The third kappa shape index (κ3) is 2.84. The number of carbonyl (C=O) groups is 1. The number of para-hydroxylation sites is 1. The highest BCUT2D eigenvalue weighted by Gasteiger charge is 2.34. The Labute approximate surface area is 123 Å². The zero-order valence-electron chi connectivity index (χ0n) is 12.4. The number of aromatic hydroxyl groups is 1. The Bertz CT molecular complexity index is 573. The Balaban J connectivity index is 2.36. The smallest absolute Gasteiger partial charge is 0.311 e. The van der Waals surface area contributed by atoms with Crippen molar-refractivity contribution in [1.29, 1.82) is 0 Å². The van der Waals surface area contributed by atoms with Crippen LogP contribution in [0.1, 0.15) is 37.6 Å². The van der Waals surface area contributed by atoms with Crippen LogP contribution in [0.25, 0.3) is 0 Å². The first-order valence-corrected chi connectivity index (χ1v) is 7.10. The van der Waals surface area contributed by atoms with Crippen molar-refractivity contribution in [2.24, 2.45) is 11.8 Å². The highest BCUT2D eigenvalue weighted by molar-refractivity contribution is 5.98. The molecule has 1 saturated heterocycles. The molecule has 0 aliphatic carbocycles. The summed E-state index contributed by atoms with van der Waals surface area (Å²) in [4.78, 5) is 24.5. The number of nitro benzene ring substituents is 1. The minimum Gasteiger partial charge on any atom is -0.502 e. The summed E-state index contributed by atoms with van der Waals surface area (Å²) in [6.45, 7) is 6.75. The van der Waals surface area contributed by atoms with Gasteiger partial charge < -0.3 is 10.0 Å². The van der Waals surface area contributed by atoms with Crippen molar-refractivity contribution in [3.8, 4) is 5.75 Å². The molecule has 1 fully saturated rings. The number of phenolic OH excluding ortho intramolecular Hbond substituents is 1. The highest BCUT2D eigenvalue weighted by Crippen LogP contribution is 2.33. The average Bonchev–Trinajstić information content (AvgIpc) is 2.42. The molecule has 1 N–H and O–H groups in total. The second-order valence-corrected chi connectivity index (χ2v) is 5.95. The Morgan fingerprint density at radius 3 is 2.67 bits per heavy atom. The van der Waals surface area contributed by atoms with Crippen molar-refractivity contribution in [3.05, 3.63) is 33.9 Å². The molecule has 6 nitrogen and oxygen atoms in total. The number of rotatable bonds is 2. The monoisotopic (exact) mass is 292 g/mol. The number of nitrogens with zero attached hydrogens (tertiary/aromatic N) is 2. The Morgan fingerprint density at radius 1 is 1.38 bits per heavy atom. The van der Waals surface area contributed by atoms with E-state index in [9.17, 15) is 20.0 Å². The summed E-state index contributed by atoms with van der Waals surface area (Å²) in [5, 5.41) is 20.9. The minimum atomic E-state index is -0.684. The Hall–Kier alpha value is -2.11. The summed E-state index contributed by atoms with van der Waals surface area (Å²) < 4.78 is 0. The van der Waals surface area contributed by atoms with E-state index in [0.717, 1.165) is 6.42 Å². The van der Waals surface area contributed by atoms with Crippen molar-refractivity contribution in [2.45, 2.75) is 33.2 Å². The van der Waals surface area contributed by atoms with Crippen molar-refractivity contribution in [3.63, 3.8) is 0 Å². The summed E-state index contributed by atoms with van der Waals surface area (Å²) >= 11 is 0. The van der Waals surface area contributed by atoms with Crippen LogP contribution in [0.4, 0.5) is 5.69 Å². The molecule has 1 aliphatic heterocycles. The molecule has 6 heteroatoms. The van der Waals surface area contributed by atoms with Crippen molar-refractivity contribution in [2.75, 3.05) is 6.54 Å². The van der Waals surface area contributed by atoms with E-state index in [1.165, 1.54) is 18.2 Å². The third-order valence-corrected chi connectivity index (χ3v) is 4.30. The zero-order valence-corrected chi connectivity index (χ0v) is 12.4. The van der Waals surface area contributed by atoms with E-state index in [0.29, 0.717) is 18.4 Å². The van der Waals surface area contributed by atoms with Crippen molar-refractivity contribution < 1.29 is 14.8 Å². The third-order valence-electron chi connectivity index (χ3n) is 4.30. The van der Waals surface area contributed by atoms with Crippen LogP contribution in [0.2, 0.25) is 0 Å². The van der Waals surface area contributed by atoms with E-state index >= 15 is 0 Å². The first-order chi connectivity index (χ1) is 9.82. The molecule has 3 atom stereocenters. The molecule has 21 heavy (non-hydrogen) atoms. The van der Waals surface area contributed by atoms with Gasteiger partial charge in [-0.05, 0) is 31.2 Å². The van der Waals surface area contributed by atoms with E-state index in [1.807, 2.05) is 6.92 Å². The molecule has 114 valence electrons. The average molecular weight is 292 g/mol. The van der Waals surface area contributed by atoms with Crippen LogP contribution in [0.15, 0.2) is 18.2 Å². The number of benzene rings is 1. The lowest BCUT2D eigenvalue weighted by molar-refractivity contribution is -0.385. The van der Waals surface area contributed by atoms with Crippen LogP contribution < -0.4 is 0 Å². The van der Waals surface area contributed by atoms with Crippen molar-refractivity contribution >= 4 is 11.6 Å². The maximum atomic E-state index is 12.6. The number of phenols is 1. The topological polar surface area (TPSA) is 83.7 Å². The largest absolute Gasteiger partial charge is 0.502 e. The molecular weight excluding hydrogens is 272 g/mol. The van der Waals surface area contributed by atoms with Gasteiger partial charge in [0.15, 0.2) is 0 Å². The lowest BCUT2D eigenvalue weighted by Gasteiger charge is -2.41. The van der Waals surface area contributed by atoms with Crippen LogP contribution in [0, 0.1) is 22.0 Å². The van der Waals surface area contributed by atoms with Crippen molar-refractivity contribution in [1.82, 2.24) is 4.90 Å². The summed E-state index contributed by atoms with van der Waals surface area (Å²) in [6, 6.07) is 4.09. The number of carbonyl (C=O) groups excluding carboxylic acids is 1. The Kier molecular flexibility index (Phi) is 4.16. The summed E-state index contributed by atoms with van der Waals surface area (Å²) in [6.07, 6.45) is 1.05. The summed E-state index contributed by atoms with van der Waals surface area (Å²) in [5.74, 6) is -0.160. The molecule has 0 aromatic heterocycles. The van der Waals surface area contributed by atoms with Crippen LogP contribution in [0.5, 0.6) is 5.75 Å². The molecule has 1 aromatic carbocycles. The predicted molar refractivity (Wildman–Crippen MR) is 78.2 cm³/mol. The number of likely N-dealkylation sites (tertiary alicyclic amines) is 1. The number of hydrogen-bond acceptors (Lipinski definition) is 4. The fourth-order valence-corrected chi connectivity index (χ4v) is 2.99. The van der Waals surface area contributed by atoms with Crippen LogP contribution in [-0.2, 0) is 0 Å². The van der Waals surface area contributed by atoms with Crippen LogP contribution >= 0.6 is 0 Å². The molecule has 0 spiro atoms. The van der Waals surface area contributed by atoms with Gasteiger partial charge in [-0.2, -0.15) is 0 Å². The van der Waals surface area contributed by atoms with Gasteiger partial charge in [-0.15, -0.1) is 0 Å². The molecule has 0 bridgehead atoms. The molecule has 0 radical (unpaired) electrons. The van der Waals surface area contributed by atoms with Gasteiger partial charge in [0.1, 0.15) is 0 Å². The number of nitro groups is 1. The lowest BCUT2D eigenvalue weighted by atomic mass is 9.85. The second kappa shape index (κ2) is 5.71. The normalized spacial score (nSPS) is 25.7. The predicted octanol–water partition coefficient (Wildman–Crippen LogP) is 2.81. The number of hydrogen-bond donors (Lipinski definition) is 1. The molecule has 1 amide bonds. The number of amides is 1. The zero-order chi connectivity index (χ0) is 15.7. The molecule has 1 aromatic rings. The van der Waals surface area contributed by atoms with Gasteiger partial charge in [-0.1, -0.05) is 19.9 Å². The maximum Gasteiger partial charge on any atom is 0.311 e. The van der Waals surface area contributed by atoms with Gasteiger partial charge in [-0.3, -0.25) is 14.9 Å². The molecule has 2 rings (SSSR count). The van der Waals surface area contributed by atoms with Gasteiger partial charge >= 0.3 is 5.69 Å². The lowest BCUT2D eigenvalue weighted by Crippen LogP contribution is -2.48. The second-order valence-electron chi connectivity index (χ2n) is 5.95. The molecule has 0 saturated carbocycles. The SMILES string of the molecule is CC1CC(C)C(C)N(C(=O)c2cccc([N+](=O)[O-])c2O)C1. The van der Waals surface area contributed by atoms with Gasteiger partial charge in [0.2, 0.25) is 5.75 Å². The summed E-state index contributed by atoms with van der Waals surface area (Å²) in [7, 11) is 0. The van der Waals surface area contributed by atoms with Gasteiger partial charge in [0.05, 0.1) is 10.5 Å². The van der Waals surface area contributed by atoms with E-state index < -0.39 is 16.4 Å². The standard InChI is InChI=1S/C15H20N2O4/c1-9-7-10(2)11(3)16(8-9)15(19)12-5-4-6-13(14(12)18)17(20)21/h4-6,9-11,18H,7-8H2,1-3H3.